The number of hydrogen-bond acceptors (Lipinski definition) is 5. The molecule has 7 rings (SSSR count). The van der Waals surface area contributed by atoms with Crippen LogP contribution in [-0.4, -0.2) is 47.3 Å². The molecule has 10 heteroatoms. The lowest BCUT2D eigenvalue weighted by atomic mass is 9.78. The number of hydrogen-bond donors (Lipinski definition) is 0. The van der Waals surface area contributed by atoms with E-state index in [0.717, 1.165) is 40.0 Å². The summed E-state index contributed by atoms with van der Waals surface area (Å²) in [5.41, 5.74) is 3.92. The van der Waals surface area contributed by atoms with Gasteiger partial charge < -0.3 is 14.5 Å². The van der Waals surface area contributed by atoms with Crippen LogP contribution in [0.4, 0.5) is 8.78 Å². The smallest absolute Gasteiger partial charge is 0.226 e. The highest BCUT2D eigenvalue weighted by atomic mass is 32.3. The molecule has 3 fully saturated rings. The summed E-state index contributed by atoms with van der Waals surface area (Å²) < 4.78 is 45.4. The molecule has 2 amide bonds. The minimum absolute atomic E-state index is 0.0438. The third kappa shape index (κ3) is 4.78. The highest BCUT2D eigenvalue weighted by molar-refractivity contribution is 8.30. The first-order valence-corrected chi connectivity index (χ1v) is 16.7. The molecule has 2 atom stereocenters. The molecule has 0 unspecified atom stereocenters. The molecule has 0 bridgehead atoms. The van der Waals surface area contributed by atoms with Gasteiger partial charge in [-0.3, -0.25) is 9.59 Å². The lowest BCUT2D eigenvalue weighted by Crippen LogP contribution is -2.51. The maximum absolute atomic E-state index is 14.1. The molecule has 0 radical (unpaired) electrons. The van der Waals surface area contributed by atoms with E-state index in [0.29, 0.717) is 44.6 Å². The van der Waals surface area contributed by atoms with E-state index in [1.165, 1.54) is 24.3 Å². The maximum Gasteiger partial charge on any atom is 0.226 e. The molecule has 7 nitrogen and oxygen atoms in total. The van der Waals surface area contributed by atoms with Gasteiger partial charge in [-0.2, -0.15) is 0 Å². The van der Waals surface area contributed by atoms with Crippen molar-refractivity contribution in [2.75, 3.05) is 19.6 Å². The number of ether oxygens (including phenoxy) is 1. The second kappa shape index (κ2) is 11.2. The number of aryl methyl sites for hydroxylation is 2. The summed E-state index contributed by atoms with van der Waals surface area (Å²) in [5.74, 6) is 0.0918. The monoisotopic (exact) mass is 622 g/mol. The van der Waals surface area contributed by atoms with Gasteiger partial charge in [0.25, 0.3) is 0 Å². The third-order valence-electron chi connectivity index (χ3n) is 9.94. The highest BCUT2D eigenvalue weighted by Gasteiger charge is 2.69. The molecule has 0 spiro atoms. The number of amides is 2. The van der Waals surface area contributed by atoms with Crippen molar-refractivity contribution >= 4 is 22.4 Å². The molecular weight excluding hydrogens is 586 g/mol. The first-order valence-electron chi connectivity index (χ1n) is 15.3. The molecule has 3 saturated heterocycles. The molecule has 3 aromatic carbocycles. The largest absolute Gasteiger partial charge is 0.489 e. The Bertz CT molecular complexity index is 1610. The van der Waals surface area contributed by atoms with Crippen LogP contribution >= 0.6 is 10.6 Å². The zero-order valence-electron chi connectivity index (χ0n) is 24.9. The van der Waals surface area contributed by atoms with E-state index in [-0.39, 0.29) is 42.0 Å². The van der Waals surface area contributed by atoms with Gasteiger partial charge >= 0.3 is 0 Å². The fourth-order valence-corrected chi connectivity index (χ4v) is 10.5. The third-order valence-corrected chi connectivity index (χ3v) is 12.9. The Labute approximate surface area is 257 Å². The van der Waals surface area contributed by atoms with E-state index < -0.39 is 15.3 Å². The lowest BCUT2D eigenvalue weighted by molar-refractivity contribution is -0.141. The number of benzene rings is 3. The Balaban J connectivity index is 1.22. The van der Waals surface area contributed by atoms with Crippen molar-refractivity contribution < 1.29 is 31.8 Å². The van der Waals surface area contributed by atoms with Crippen molar-refractivity contribution in [3.63, 3.8) is 0 Å². The summed E-state index contributed by atoms with van der Waals surface area (Å²) in [6.07, 6.45) is 3.42. The van der Waals surface area contributed by atoms with E-state index in [1.54, 1.807) is 25.1 Å². The van der Waals surface area contributed by atoms with Crippen molar-refractivity contribution in [3.8, 4) is 5.75 Å². The molecule has 44 heavy (non-hydrogen) atoms. The topological polar surface area (TPSA) is 74.9 Å². The van der Waals surface area contributed by atoms with E-state index >= 15 is 0 Å². The van der Waals surface area contributed by atoms with Gasteiger partial charge in [-0.25, -0.2) is 8.78 Å². The summed E-state index contributed by atoms with van der Waals surface area (Å²) in [7, 11) is -2.33. The minimum atomic E-state index is -2.33. The van der Waals surface area contributed by atoms with Crippen molar-refractivity contribution in [1.29, 1.82) is 0 Å². The van der Waals surface area contributed by atoms with E-state index in [2.05, 4.69) is 6.07 Å². The normalized spacial score (nSPS) is 24.8. The van der Waals surface area contributed by atoms with E-state index in [4.69, 9.17) is 13.4 Å². The summed E-state index contributed by atoms with van der Waals surface area (Å²) >= 11 is 0. The number of nitrogens with zero attached hydrogens (tertiary/aromatic N) is 2. The zero-order valence-corrected chi connectivity index (χ0v) is 25.7. The highest BCUT2D eigenvalue weighted by Crippen LogP contribution is 2.85. The number of likely N-dealkylation sites (tertiary alicyclic amines) is 2. The Kier molecular flexibility index (Phi) is 7.42. The van der Waals surface area contributed by atoms with Crippen LogP contribution in [0.15, 0.2) is 65.6 Å². The first kappa shape index (κ1) is 29.3. The predicted molar refractivity (Wildman–Crippen MR) is 161 cm³/mol. The number of piperidine rings is 1. The molecule has 1 aliphatic carbocycles. The van der Waals surface area contributed by atoms with Crippen molar-refractivity contribution in [3.05, 3.63) is 94.6 Å². The number of halogens is 2. The summed E-state index contributed by atoms with van der Waals surface area (Å²) in [6, 6.07) is 16.9. The molecule has 3 aromatic rings. The Morgan fingerprint density at radius 2 is 1.68 bits per heavy atom. The van der Waals surface area contributed by atoms with Gasteiger partial charge in [0.2, 0.25) is 11.8 Å². The van der Waals surface area contributed by atoms with Crippen LogP contribution in [0.3, 0.4) is 0 Å². The van der Waals surface area contributed by atoms with Crippen LogP contribution in [0.1, 0.15) is 54.9 Å². The van der Waals surface area contributed by atoms with Crippen LogP contribution < -0.4 is 4.74 Å². The van der Waals surface area contributed by atoms with Crippen molar-refractivity contribution in [2.24, 2.45) is 5.92 Å². The van der Waals surface area contributed by atoms with Crippen LogP contribution in [0.25, 0.3) is 0 Å². The van der Waals surface area contributed by atoms with Crippen LogP contribution in [0.2, 0.25) is 0 Å². The molecular formula is C34H36F2N2O5S. The van der Waals surface area contributed by atoms with Gasteiger partial charge in [0.05, 0.1) is 10.9 Å². The quantitative estimate of drug-likeness (QED) is 0.232. The number of carbonyl (C=O) groups excluding carboxylic acids is 2. The first-order chi connectivity index (χ1) is 21.2. The summed E-state index contributed by atoms with van der Waals surface area (Å²) in [6.45, 7) is 5.50. The van der Waals surface area contributed by atoms with Crippen LogP contribution in [0, 0.1) is 24.5 Å². The van der Waals surface area contributed by atoms with E-state index in [9.17, 15) is 18.4 Å². The fraction of sp³-hybridized carbons (Fsp3) is 0.412. The Morgan fingerprint density at radius 1 is 0.955 bits per heavy atom. The fourth-order valence-electron chi connectivity index (χ4n) is 7.54. The van der Waals surface area contributed by atoms with Gasteiger partial charge in [-0.15, -0.1) is 0 Å². The molecule has 0 N–H and O–H groups in total. The number of fused-ring (bicyclic) bond motifs is 3. The standard InChI is InChI=1S/C34H36F2N2O5S/c1-22-3-5-28(36)19-26(22)21-41-29-8-11-31-25(20-29)4-12-32-34(31,44(42-43-44)30-9-6-27(35)7-10-30)15-18-38(32)33(40)24-13-16-37(17-14-24)23(2)39/h3,5-11,19-20,24,32H,4,12-18,21H2,1-2H3/t32-,34-/m1/s1. The Morgan fingerprint density at radius 3 is 2.39 bits per heavy atom. The van der Waals surface area contributed by atoms with Gasteiger partial charge in [0, 0.05) is 32.5 Å². The molecule has 0 aromatic heterocycles. The average molecular weight is 623 g/mol. The molecule has 0 saturated carbocycles. The van der Waals surface area contributed by atoms with Crippen molar-refractivity contribution in [2.45, 2.75) is 68.2 Å². The number of carbonyl (C=O) groups is 2. The van der Waals surface area contributed by atoms with E-state index in [1.807, 2.05) is 28.9 Å². The Hall–Kier alpha value is -3.47. The van der Waals surface area contributed by atoms with Gasteiger partial charge in [0.1, 0.15) is 28.7 Å². The number of rotatable bonds is 6. The minimum Gasteiger partial charge on any atom is -0.489 e. The summed E-state index contributed by atoms with van der Waals surface area (Å²) in [5, 5.41) is 0. The van der Waals surface area contributed by atoms with Gasteiger partial charge in [-0.1, -0.05) is 31.4 Å². The molecule has 4 aliphatic rings. The molecule has 3 aliphatic heterocycles. The van der Waals surface area contributed by atoms with Gasteiger partial charge in [0.15, 0.2) is 0 Å². The SMILES string of the molecule is CC(=O)N1CCC(C(=O)N2CC[C@@]3(S4(c5ccc(F)cc5)OO4)c4ccc(OCc5cc(F)ccc5C)cc4CC[C@@H]23)CC1. The lowest BCUT2D eigenvalue weighted by Gasteiger charge is -2.48. The average Bonchev–Trinajstić information content (AvgIpc) is 3.75. The molecule has 232 valence electrons. The maximum atomic E-state index is 14.1. The zero-order chi connectivity index (χ0) is 30.6. The summed E-state index contributed by atoms with van der Waals surface area (Å²) in [4.78, 5) is 30.6. The predicted octanol–water partition coefficient (Wildman–Crippen LogP) is 6.51. The van der Waals surface area contributed by atoms with Gasteiger partial charge in [-0.05, 0) is 110 Å². The second-order valence-corrected chi connectivity index (χ2v) is 14.8. The van der Waals surface area contributed by atoms with Crippen molar-refractivity contribution in [1.82, 2.24) is 9.80 Å². The van der Waals surface area contributed by atoms with Crippen LogP contribution in [0.5, 0.6) is 5.75 Å². The molecule has 3 heterocycles. The van der Waals surface area contributed by atoms with Crippen LogP contribution in [-0.2, 0) is 36.0 Å². The second-order valence-electron chi connectivity index (χ2n) is 12.3.